The van der Waals surface area contributed by atoms with Crippen LogP contribution in [0.1, 0.15) is 36.1 Å². The lowest BCUT2D eigenvalue weighted by Gasteiger charge is -2.25. The summed E-state index contributed by atoms with van der Waals surface area (Å²) >= 11 is 0. The van der Waals surface area contributed by atoms with Crippen molar-refractivity contribution in [1.82, 2.24) is 14.5 Å². The number of nitrogens with zero attached hydrogens (tertiary/aromatic N) is 3. The zero-order valence-corrected chi connectivity index (χ0v) is 18.7. The molecule has 34 heavy (non-hydrogen) atoms. The summed E-state index contributed by atoms with van der Waals surface area (Å²) in [7, 11) is 0. The van der Waals surface area contributed by atoms with E-state index in [9.17, 15) is 19.8 Å². The third kappa shape index (κ3) is 3.91. The summed E-state index contributed by atoms with van der Waals surface area (Å²) in [5.74, 6) is -0.859. The zero-order valence-electron chi connectivity index (χ0n) is 18.7. The number of aliphatic hydroxyl groups excluding tert-OH is 1. The Morgan fingerprint density at radius 3 is 2.79 bits per heavy atom. The topological polar surface area (TPSA) is 105 Å². The first kappa shape index (κ1) is 21.8. The lowest BCUT2D eigenvalue weighted by molar-refractivity contribution is -0.139. The van der Waals surface area contributed by atoms with E-state index >= 15 is 0 Å². The normalized spacial score (nSPS) is 21.0. The van der Waals surface area contributed by atoms with Crippen LogP contribution in [0, 0.1) is 0 Å². The molecule has 2 aliphatic rings. The summed E-state index contributed by atoms with van der Waals surface area (Å²) in [6.45, 7) is 2.89. The number of rotatable bonds is 6. The van der Waals surface area contributed by atoms with Gasteiger partial charge in [-0.2, -0.15) is 0 Å². The molecule has 2 N–H and O–H groups in total. The second-order valence-electron chi connectivity index (χ2n) is 8.70. The summed E-state index contributed by atoms with van der Waals surface area (Å²) in [5.41, 5.74) is 1.98. The molecule has 5 rings (SSSR count). The van der Waals surface area contributed by atoms with Crippen molar-refractivity contribution in [3.8, 4) is 11.5 Å². The molecule has 8 nitrogen and oxygen atoms in total. The molecule has 2 unspecified atom stereocenters. The molecule has 2 atom stereocenters. The molecule has 0 saturated carbocycles. The average molecular weight is 460 g/mol. The van der Waals surface area contributed by atoms with Crippen LogP contribution >= 0.6 is 0 Å². The van der Waals surface area contributed by atoms with Crippen molar-refractivity contribution >= 4 is 17.4 Å². The van der Waals surface area contributed by atoms with E-state index in [1.807, 2.05) is 17.7 Å². The van der Waals surface area contributed by atoms with Gasteiger partial charge in [-0.1, -0.05) is 12.1 Å². The second-order valence-corrected chi connectivity index (χ2v) is 8.70. The highest BCUT2D eigenvalue weighted by Crippen LogP contribution is 2.41. The highest BCUT2D eigenvalue weighted by molar-refractivity contribution is 6.46. The van der Waals surface area contributed by atoms with Crippen molar-refractivity contribution in [2.24, 2.45) is 0 Å². The Balaban J connectivity index is 1.53. The van der Waals surface area contributed by atoms with Crippen LogP contribution in [0.25, 0.3) is 5.76 Å². The molecule has 0 radical (unpaired) electrons. The van der Waals surface area contributed by atoms with Crippen LogP contribution in [0.15, 0.2) is 66.8 Å². The standard InChI is InChI=1S/C26H25N3O5/c1-16-12-19-13-18(6-7-21(19)34-16)24(31)22-23(17-4-2-5-20(30)14-17)29(26(33)25(22)32)10-3-9-28-11-8-27-15-28/h2,4-8,11,13-16,23,30-31H,3,9-10,12H2,1H3/b24-22-. The Morgan fingerprint density at radius 2 is 2.03 bits per heavy atom. The predicted molar refractivity (Wildman–Crippen MR) is 124 cm³/mol. The van der Waals surface area contributed by atoms with E-state index in [2.05, 4.69) is 4.98 Å². The first-order valence-corrected chi connectivity index (χ1v) is 11.3. The fourth-order valence-corrected chi connectivity index (χ4v) is 4.72. The van der Waals surface area contributed by atoms with Crippen molar-refractivity contribution in [1.29, 1.82) is 0 Å². The number of aromatic hydroxyl groups is 1. The number of imidazole rings is 1. The van der Waals surface area contributed by atoms with Crippen LogP contribution in [0.5, 0.6) is 11.5 Å². The molecule has 1 fully saturated rings. The van der Waals surface area contributed by atoms with E-state index in [1.165, 1.54) is 17.0 Å². The number of amides is 1. The summed E-state index contributed by atoms with van der Waals surface area (Å²) < 4.78 is 7.64. The summed E-state index contributed by atoms with van der Waals surface area (Å²) in [6.07, 6.45) is 6.54. The van der Waals surface area contributed by atoms with Crippen LogP contribution < -0.4 is 4.74 Å². The molecule has 1 aromatic heterocycles. The number of carbonyl (C=O) groups is 2. The van der Waals surface area contributed by atoms with Gasteiger partial charge in [0, 0.05) is 37.5 Å². The van der Waals surface area contributed by atoms with Gasteiger partial charge >= 0.3 is 0 Å². The van der Waals surface area contributed by atoms with Crippen LogP contribution in [-0.4, -0.2) is 49.0 Å². The number of Topliss-reactive ketones (excluding diaryl/α,β-unsaturated/α-hetero) is 1. The molecule has 174 valence electrons. The maximum absolute atomic E-state index is 13.2. The van der Waals surface area contributed by atoms with Crippen LogP contribution in [0.4, 0.5) is 0 Å². The SMILES string of the molecule is CC1Cc2cc(/C(O)=C3/C(=O)C(=O)N(CCCn4ccnc4)C3c3cccc(O)c3)ccc2O1. The number of ether oxygens (including phenoxy) is 1. The summed E-state index contributed by atoms with van der Waals surface area (Å²) in [6, 6.07) is 10.9. The van der Waals surface area contributed by atoms with Crippen molar-refractivity contribution in [2.45, 2.75) is 38.5 Å². The number of aliphatic hydroxyl groups is 1. The highest BCUT2D eigenvalue weighted by atomic mass is 16.5. The second kappa shape index (κ2) is 8.70. The van der Waals surface area contributed by atoms with Gasteiger partial charge in [0.15, 0.2) is 0 Å². The van der Waals surface area contributed by atoms with Gasteiger partial charge in [-0.3, -0.25) is 9.59 Å². The summed E-state index contributed by atoms with van der Waals surface area (Å²) in [4.78, 5) is 31.7. The minimum atomic E-state index is -0.807. The van der Waals surface area contributed by atoms with E-state index in [0.717, 1.165) is 11.3 Å². The molecule has 0 spiro atoms. The molecular formula is C26H25N3O5. The molecule has 2 aromatic carbocycles. The number of hydrogen-bond donors (Lipinski definition) is 2. The third-order valence-corrected chi connectivity index (χ3v) is 6.27. The number of phenolic OH excluding ortho intramolecular Hbond substituents is 1. The van der Waals surface area contributed by atoms with Crippen LogP contribution in [0.3, 0.4) is 0 Å². The molecule has 3 aromatic rings. The Hall–Kier alpha value is -4.07. The number of benzene rings is 2. The molecular weight excluding hydrogens is 434 g/mol. The third-order valence-electron chi connectivity index (χ3n) is 6.27. The molecule has 1 amide bonds. The predicted octanol–water partition coefficient (Wildman–Crippen LogP) is 3.42. The zero-order chi connectivity index (χ0) is 23.8. The molecule has 8 heteroatoms. The van der Waals surface area contributed by atoms with Gasteiger partial charge < -0.3 is 24.4 Å². The number of aryl methyl sites for hydroxylation is 1. The molecule has 1 saturated heterocycles. The first-order chi connectivity index (χ1) is 16.4. The Morgan fingerprint density at radius 1 is 1.18 bits per heavy atom. The number of aromatic nitrogens is 2. The van der Waals surface area contributed by atoms with E-state index in [1.54, 1.807) is 42.9 Å². The minimum Gasteiger partial charge on any atom is -0.508 e. The van der Waals surface area contributed by atoms with Crippen molar-refractivity contribution in [3.05, 3.63) is 83.4 Å². The fraction of sp³-hybridized carbons (Fsp3) is 0.269. The number of carbonyl (C=O) groups excluding carboxylic acids is 2. The van der Waals surface area contributed by atoms with Gasteiger partial charge in [0.25, 0.3) is 11.7 Å². The Kier molecular flexibility index (Phi) is 5.57. The maximum Gasteiger partial charge on any atom is 0.295 e. The Labute approximate surface area is 196 Å². The average Bonchev–Trinajstić information content (AvgIpc) is 3.52. The van der Waals surface area contributed by atoms with Crippen molar-refractivity contribution in [3.63, 3.8) is 0 Å². The van der Waals surface area contributed by atoms with Gasteiger partial charge in [0.05, 0.1) is 17.9 Å². The quantitative estimate of drug-likeness (QED) is 0.333. The van der Waals surface area contributed by atoms with E-state index in [-0.39, 0.29) is 23.2 Å². The van der Waals surface area contributed by atoms with Gasteiger partial charge in [-0.05, 0) is 54.8 Å². The number of ketones is 1. The lowest BCUT2D eigenvalue weighted by Crippen LogP contribution is -2.31. The smallest absolute Gasteiger partial charge is 0.295 e. The summed E-state index contributed by atoms with van der Waals surface area (Å²) in [5, 5.41) is 21.3. The van der Waals surface area contributed by atoms with E-state index in [0.29, 0.717) is 37.1 Å². The van der Waals surface area contributed by atoms with Crippen molar-refractivity contribution in [2.75, 3.05) is 6.54 Å². The van der Waals surface area contributed by atoms with Crippen LogP contribution in [0.2, 0.25) is 0 Å². The fourth-order valence-electron chi connectivity index (χ4n) is 4.72. The number of likely N-dealkylation sites (tertiary alicyclic amines) is 1. The molecule has 2 aliphatic heterocycles. The monoisotopic (exact) mass is 459 g/mol. The van der Waals surface area contributed by atoms with E-state index < -0.39 is 17.7 Å². The maximum atomic E-state index is 13.2. The molecule has 0 bridgehead atoms. The Bertz CT molecular complexity index is 1280. The van der Waals surface area contributed by atoms with E-state index in [4.69, 9.17) is 4.74 Å². The van der Waals surface area contributed by atoms with Gasteiger partial charge in [0.1, 0.15) is 23.4 Å². The minimum absolute atomic E-state index is 0.0187. The molecule has 3 heterocycles. The first-order valence-electron chi connectivity index (χ1n) is 11.3. The van der Waals surface area contributed by atoms with Gasteiger partial charge in [-0.25, -0.2) is 4.98 Å². The van der Waals surface area contributed by atoms with Gasteiger partial charge in [0.2, 0.25) is 0 Å². The van der Waals surface area contributed by atoms with Crippen molar-refractivity contribution < 1.29 is 24.5 Å². The largest absolute Gasteiger partial charge is 0.508 e. The lowest BCUT2D eigenvalue weighted by atomic mass is 9.94. The number of fused-ring (bicyclic) bond motifs is 1. The number of phenols is 1. The van der Waals surface area contributed by atoms with Crippen LogP contribution in [-0.2, 0) is 22.6 Å². The molecule has 0 aliphatic carbocycles. The van der Waals surface area contributed by atoms with Gasteiger partial charge in [-0.15, -0.1) is 0 Å². The number of hydrogen-bond acceptors (Lipinski definition) is 6. The highest BCUT2D eigenvalue weighted by Gasteiger charge is 2.46.